The van der Waals surface area contributed by atoms with E-state index in [1.807, 2.05) is 30.1 Å². The summed E-state index contributed by atoms with van der Waals surface area (Å²) in [6.45, 7) is 6.81. The van der Waals surface area contributed by atoms with Gasteiger partial charge in [-0.2, -0.15) is 5.10 Å². The van der Waals surface area contributed by atoms with Crippen molar-refractivity contribution < 1.29 is 9.90 Å². The highest BCUT2D eigenvalue weighted by Crippen LogP contribution is 2.42. The maximum absolute atomic E-state index is 11.0. The molecule has 0 bridgehead atoms. The zero-order chi connectivity index (χ0) is 26.8. The van der Waals surface area contributed by atoms with Gasteiger partial charge in [-0.3, -0.25) is 4.68 Å². The van der Waals surface area contributed by atoms with Crippen LogP contribution in [0.2, 0.25) is 0 Å². The molecule has 0 aliphatic carbocycles. The molecule has 194 valence electrons. The molecule has 3 aromatic carbocycles. The smallest absolute Gasteiger partial charge is 0.328 e. The number of nitrogens with zero attached hydrogens (tertiary/aromatic N) is 3. The number of hydrogen-bond donors (Lipinski definition) is 1. The van der Waals surface area contributed by atoms with E-state index in [0.29, 0.717) is 12.0 Å². The molecule has 1 aliphatic rings. The zero-order valence-electron chi connectivity index (χ0n) is 22.5. The monoisotopic (exact) mass is 505 g/mol. The van der Waals surface area contributed by atoms with Gasteiger partial charge in [-0.25, -0.2) is 4.79 Å². The molecule has 2 heterocycles. The summed E-state index contributed by atoms with van der Waals surface area (Å²) in [6.07, 6.45) is 8.81. The number of hydrogen-bond acceptors (Lipinski definition) is 3. The summed E-state index contributed by atoms with van der Waals surface area (Å²) in [7, 11) is 1.94. The van der Waals surface area contributed by atoms with Gasteiger partial charge in [-0.05, 0) is 77.3 Å². The van der Waals surface area contributed by atoms with Gasteiger partial charge < -0.3 is 10.0 Å². The Hall–Kier alpha value is -4.12. The van der Waals surface area contributed by atoms with Gasteiger partial charge in [0.25, 0.3) is 0 Å². The minimum Gasteiger partial charge on any atom is -0.478 e. The molecule has 5 rings (SSSR count). The summed E-state index contributed by atoms with van der Waals surface area (Å²) < 4.78 is 1.84. The van der Waals surface area contributed by atoms with Gasteiger partial charge in [0.2, 0.25) is 0 Å². The van der Waals surface area contributed by atoms with Crippen LogP contribution in [0.4, 0.5) is 5.69 Å². The van der Waals surface area contributed by atoms with Gasteiger partial charge in [0.1, 0.15) is 0 Å². The fraction of sp³-hybridized carbons (Fsp3) is 0.273. The van der Waals surface area contributed by atoms with Gasteiger partial charge in [0, 0.05) is 36.6 Å². The summed E-state index contributed by atoms with van der Waals surface area (Å²) in [4.78, 5) is 13.5. The first-order valence-electron chi connectivity index (χ1n) is 13.3. The summed E-state index contributed by atoms with van der Waals surface area (Å²) in [5.41, 5.74) is 9.60. The predicted octanol–water partition coefficient (Wildman–Crippen LogP) is 6.92. The number of rotatable bonds is 7. The molecular formula is C33H35N3O2. The molecule has 0 spiro atoms. The largest absolute Gasteiger partial charge is 0.478 e. The second-order valence-corrected chi connectivity index (χ2v) is 10.8. The Morgan fingerprint density at radius 1 is 1.05 bits per heavy atom. The third-order valence-electron chi connectivity index (χ3n) is 7.29. The van der Waals surface area contributed by atoms with Crippen molar-refractivity contribution in [2.24, 2.45) is 13.0 Å². The molecule has 1 N–H and O–H groups in total. The first kappa shape index (κ1) is 25.5. The number of aliphatic carboxylic acids is 1. The SMILES string of the molecule is CC(C)Cc1ccc(N2[C@@H](c3ccc(/C=C/C(=O)O)cc3)c3ccc(-c4cnn(C)c4)cc3C[C@@H]2C)cc1. The maximum atomic E-state index is 11.0. The molecule has 0 radical (unpaired) electrons. The molecule has 0 amide bonds. The van der Waals surface area contributed by atoms with E-state index < -0.39 is 5.97 Å². The first-order chi connectivity index (χ1) is 18.3. The first-order valence-corrected chi connectivity index (χ1v) is 13.3. The van der Waals surface area contributed by atoms with Crippen LogP contribution in [-0.2, 0) is 24.7 Å². The second-order valence-electron chi connectivity index (χ2n) is 10.8. The van der Waals surface area contributed by atoms with E-state index in [1.165, 1.54) is 39.6 Å². The number of aromatic nitrogens is 2. The third-order valence-corrected chi connectivity index (χ3v) is 7.29. The molecule has 0 saturated heterocycles. The van der Waals surface area contributed by atoms with Gasteiger partial charge in [0.05, 0.1) is 12.2 Å². The third kappa shape index (κ3) is 5.42. The molecule has 38 heavy (non-hydrogen) atoms. The Morgan fingerprint density at radius 2 is 1.79 bits per heavy atom. The fourth-order valence-electron chi connectivity index (χ4n) is 5.60. The van der Waals surface area contributed by atoms with Crippen molar-refractivity contribution in [2.45, 2.75) is 45.7 Å². The Morgan fingerprint density at radius 3 is 2.42 bits per heavy atom. The Labute approximate surface area is 225 Å². The number of anilines is 1. The topological polar surface area (TPSA) is 58.4 Å². The quantitative estimate of drug-likeness (QED) is 0.277. The zero-order valence-corrected chi connectivity index (χ0v) is 22.5. The molecule has 4 aromatic rings. The highest BCUT2D eigenvalue weighted by atomic mass is 16.4. The molecule has 1 aromatic heterocycles. The van der Waals surface area contributed by atoms with E-state index in [2.05, 4.69) is 91.6 Å². The molecule has 0 unspecified atom stereocenters. The van der Waals surface area contributed by atoms with Crippen LogP contribution >= 0.6 is 0 Å². The lowest BCUT2D eigenvalue weighted by molar-refractivity contribution is -0.131. The highest BCUT2D eigenvalue weighted by molar-refractivity contribution is 5.85. The van der Waals surface area contributed by atoms with Crippen LogP contribution in [0, 0.1) is 5.92 Å². The second kappa shape index (κ2) is 10.7. The number of aryl methyl sites for hydroxylation is 1. The van der Waals surface area contributed by atoms with Crippen molar-refractivity contribution in [2.75, 3.05) is 4.90 Å². The minimum absolute atomic E-state index is 0.0464. The molecule has 1 aliphatic heterocycles. The van der Waals surface area contributed by atoms with E-state index in [4.69, 9.17) is 5.11 Å². The van der Waals surface area contributed by atoms with Crippen LogP contribution in [-0.4, -0.2) is 26.9 Å². The van der Waals surface area contributed by atoms with E-state index in [1.54, 1.807) is 6.08 Å². The van der Waals surface area contributed by atoms with Gasteiger partial charge in [-0.1, -0.05) is 68.4 Å². The Bertz CT molecular complexity index is 1450. The molecule has 5 heteroatoms. The summed E-state index contributed by atoms with van der Waals surface area (Å²) in [6, 6.07) is 24.4. The lowest BCUT2D eigenvalue weighted by Gasteiger charge is -2.44. The van der Waals surface area contributed by atoms with Gasteiger partial charge in [0.15, 0.2) is 0 Å². The van der Waals surface area contributed by atoms with Crippen LogP contribution < -0.4 is 4.90 Å². The van der Waals surface area contributed by atoms with Crippen molar-refractivity contribution in [1.82, 2.24) is 9.78 Å². The van der Waals surface area contributed by atoms with Crippen molar-refractivity contribution in [3.8, 4) is 11.1 Å². The number of carbonyl (C=O) groups is 1. The maximum Gasteiger partial charge on any atom is 0.328 e. The number of benzene rings is 3. The van der Waals surface area contributed by atoms with E-state index in [0.717, 1.165) is 24.0 Å². The standard InChI is InChI=1S/C33H35N3O2/c1-22(2)17-25-7-13-30(14-8-25)36-23(3)18-28-19-27(29-20-34-35(4)21-29)12-15-31(28)33(36)26-10-5-24(6-11-26)9-16-32(37)38/h5-16,19-23,33H,17-18H2,1-4H3,(H,37,38)/b16-9+/t23-,33-/m0/s1. The number of fused-ring (bicyclic) bond motifs is 1. The lowest BCUT2D eigenvalue weighted by Crippen LogP contribution is -2.42. The summed E-state index contributed by atoms with van der Waals surface area (Å²) in [5.74, 6) is -0.322. The molecular weight excluding hydrogens is 470 g/mol. The van der Waals surface area contributed by atoms with E-state index in [-0.39, 0.29) is 6.04 Å². The average molecular weight is 506 g/mol. The Balaban J connectivity index is 1.57. The summed E-state index contributed by atoms with van der Waals surface area (Å²) in [5, 5.41) is 13.4. The lowest BCUT2D eigenvalue weighted by atomic mass is 9.83. The van der Waals surface area contributed by atoms with Crippen molar-refractivity contribution in [1.29, 1.82) is 0 Å². The fourth-order valence-corrected chi connectivity index (χ4v) is 5.60. The average Bonchev–Trinajstić information content (AvgIpc) is 3.33. The van der Waals surface area contributed by atoms with E-state index in [9.17, 15) is 4.79 Å². The van der Waals surface area contributed by atoms with Crippen LogP contribution in [0.25, 0.3) is 17.2 Å². The minimum atomic E-state index is -0.944. The normalized spacial score (nSPS) is 17.2. The van der Waals surface area contributed by atoms with Crippen LogP contribution in [0.1, 0.15) is 54.6 Å². The number of carboxylic acids is 1. The van der Waals surface area contributed by atoms with E-state index >= 15 is 0 Å². The van der Waals surface area contributed by atoms with Crippen LogP contribution in [0.3, 0.4) is 0 Å². The highest BCUT2D eigenvalue weighted by Gasteiger charge is 2.33. The molecule has 0 fully saturated rings. The van der Waals surface area contributed by atoms with Gasteiger partial charge >= 0.3 is 5.97 Å². The number of carboxylic acid groups (broad SMARTS) is 1. The predicted molar refractivity (Wildman–Crippen MR) is 154 cm³/mol. The molecule has 5 nitrogen and oxygen atoms in total. The molecule has 2 atom stereocenters. The van der Waals surface area contributed by atoms with Gasteiger partial charge in [-0.15, -0.1) is 0 Å². The van der Waals surface area contributed by atoms with Crippen LogP contribution in [0.15, 0.2) is 85.2 Å². The van der Waals surface area contributed by atoms with Crippen molar-refractivity contribution in [3.05, 3.63) is 113 Å². The summed E-state index contributed by atoms with van der Waals surface area (Å²) >= 11 is 0. The Kier molecular flexibility index (Phi) is 7.19. The van der Waals surface area contributed by atoms with Crippen molar-refractivity contribution >= 4 is 17.7 Å². The molecule has 0 saturated carbocycles. The van der Waals surface area contributed by atoms with Crippen LogP contribution in [0.5, 0.6) is 0 Å². The van der Waals surface area contributed by atoms with Crippen molar-refractivity contribution in [3.63, 3.8) is 0 Å².